The molecule has 0 amide bonds. The van der Waals surface area contributed by atoms with Gasteiger partial charge in [0, 0.05) is 31.9 Å². The quantitative estimate of drug-likeness (QED) is 0.475. The molecule has 1 saturated heterocycles. The first kappa shape index (κ1) is 17.1. The SMILES string of the molecule is CCOC(=O)C1CCN(C(=NC)NCC(C)SC)CC1. The summed E-state index contributed by atoms with van der Waals surface area (Å²) in [6, 6.07) is 0. The highest BCUT2D eigenvalue weighted by Crippen LogP contribution is 2.18. The van der Waals surface area contributed by atoms with Crippen molar-refractivity contribution in [2.24, 2.45) is 10.9 Å². The number of esters is 1. The highest BCUT2D eigenvalue weighted by Gasteiger charge is 2.27. The summed E-state index contributed by atoms with van der Waals surface area (Å²) in [4.78, 5) is 18.3. The predicted octanol–water partition coefficient (Wildman–Crippen LogP) is 1.59. The zero-order valence-electron chi connectivity index (χ0n) is 13.0. The number of aliphatic imine (C=N–C) groups is 1. The van der Waals surface area contributed by atoms with E-state index in [1.807, 2.05) is 25.7 Å². The van der Waals surface area contributed by atoms with Gasteiger partial charge in [0.15, 0.2) is 5.96 Å². The van der Waals surface area contributed by atoms with Gasteiger partial charge in [0.1, 0.15) is 0 Å². The van der Waals surface area contributed by atoms with Gasteiger partial charge in [-0.3, -0.25) is 9.79 Å². The van der Waals surface area contributed by atoms with Gasteiger partial charge in [-0.2, -0.15) is 11.8 Å². The molecule has 20 heavy (non-hydrogen) atoms. The molecule has 0 aliphatic carbocycles. The average Bonchev–Trinajstić information content (AvgIpc) is 2.48. The summed E-state index contributed by atoms with van der Waals surface area (Å²) in [5.41, 5.74) is 0. The maximum atomic E-state index is 11.7. The fourth-order valence-corrected chi connectivity index (χ4v) is 2.49. The molecule has 0 aromatic heterocycles. The van der Waals surface area contributed by atoms with Crippen LogP contribution in [0.4, 0.5) is 0 Å². The monoisotopic (exact) mass is 301 g/mol. The zero-order valence-corrected chi connectivity index (χ0v) is 13.8. The van der Waals surface area contributed by atoms with Crippen molar-refractivity contribution in [3.8, 4) is 0 Å². The standard InChI is InChI=1S/C14H27N3O2S/c1-5-19-13(18)12-6-8-17(9-7-12)14(15-3)16-10-11(2)20-4/h11-12H,5-10H2,1-4H3,(H,15,16). The number of ether oxygens (including phenoxy) is 1. The molecule has 1 N–H and O–H groups in total. The lowest BCUT2D eigenvalue weighted by molar-refractivity contribution is -0.149. The lowest BCUT2D eigenvalue weighted by Gasteiger charge is -2.33. The molecule has 1 rings (SSSR count). The number of thioether (sulfide) groups is 1. The van der Waals surface area contributed by atoms with Gasteiger partial charge in [0.05, 0.1) is 12.5 Å². The third kappa shape index (κ3) is 5.23. The number of rotatable bonds is 5. The van der Waals surface area contributed by atoms with Gasteiger partial charge < -0.3 is 15.0 Å². The van der Waals surface area contributed by atoms with E-state index in [4.69, 9.17) is 4.74 Å². The summed E-state index contributed by atoms with van der Waals surface area (Å²) in [5.74, 6) is 0.939. The van der Waals surface area contributed by atoms with Crippen LogP contribution in [-0.4, -0.2) is 61.6 Å². The lowest BCUT2D eigenvalue weighted by Crippen LogP contribution is -2.47. The van der Waals surface area contributed by atoms with Crippen LogP contribution in [0.1, 0.15) is 26.7 Å². The largest absolute Gasteiger partial charge is 0.466 e. The number of guanidine groups is 1. The number of carbonyl (C=O) groups is 1. The summed E-state index contributed by atoms with van der Waals surface area (Å²) in [5, 5.41) is 3.96. The summed E-state index contributed by atoms with van der Waals surface area (Å²) < 4.78 is 5.09. The molecule has 116 valence electrons. The minimum absolute atomic E-state index is 0.0499. The maximum absolute atomic E-state index is 11.7. The molecule has 1 fully saturated rings. The van der Waals surface area contributed by atoms with E-state index in [0.29, 0.717) is 11.9 Å². The van der Waals surface area contributed by atoms with Crippen LogP contribution in [-0.2, 0) is 9.53 Å². The van der Waals surface area contributed by atoms with E-state index in [0.717, 1.165) is 38.4 Å². The molecule has 0 saturated carbocycles. The Hall–Kier alpha value is -0.910. The van der Waals surface area contributed by atoms with Gasteiger partial charge in [-0.15, -0.1) is 0 Å². The topological polar surface area (TPSA) is 53.9 Å². The van der Waals surface area contributed by atoms with Gasteiger partial charge >= 0.3 is 5.97 Å². The highest BCUT2D eigenvalue weighted by atomic mass is 32.2. The smallest absolute Gasteiger partial charge is 0.309 e. The minimum Gasteiger partial charge on any atom is -0.466 e. The minimum atomic E-state index is -0.0499. The number of hydrogen-bond acceptors (Lipinski definition) is 4. The van der Waals surface area contributed by atoms with Crippen molar-refractivity contribution in [2.75, 3.05) is 39.5 Å². The Labute approximate surface area is 126 Å². The highest BCUT2D eigenvalue weighted by molar-refractivity contribution is 7.99. The maximum Gasteiger partial charge on any atom is 0.309 e. The van der Waals surface area contributed by atoms with Crippen LogP contribution in [0.15, 0.2) is 4.99 Å². The Morgan fingerprint density at radius 1 is 1.50 bits per heavy atom. The molecule has 1 heterocycles. The van der Waals surface area contributed by atoms with Crippen molar-refractivity contribution in [1.29, 1.82) is 0 Å². The Morgan fingerprint density at radius 2 is 2.15 bits per heavy atom. The first-order valence-corrected chi connectivity index (χ1v) is 8.56. The fraction of sp³-hybridized carbons (Fsp3) is 0.857. The van der Waals surface area contributed by atoms with Crippen molar-refractivity contribution < 1.29 is 9.53 Å². The predicted molar refractivity (Wildman–Crippen MR) is 85.3 cm³/mol. The fourth-order valence-electron chi connectivity index (χ4n) is 2.24. The molecule has 1 aliphatic heterocycles. The Morgan fingerprint density at radius 3 is 2.65 bits per heavy atom. The molecule has 0 radical (unpaired) electrons. The van der Waals surface area contributed by atoms with Gasteiger partial charge in [-0.05, 0) is 26.0 Å². The second kappa shape index (κ2) is 9.10. The van der Waals surface area contributed by atoms with E-state index >= 15 is 0 Å². The Kier molecular flexibility index (Phi) is 7.80. The molecule has 0 aromatic carbocycles. The van der Waals surface area contributed by atoms with Crippen molar-refractivity contribution in [3.05, 3.63) is 0 Å². The molecule has 0 aromatic rings. The summed E-state index contributed by atoms with van der Waals surface area (Å²) in [6.45, 7) is 7.14. The number of nitrogens with zero attached hydrogens (tertiary/aromatic N) is 2. The number of likely N-dealkylation sites (tertiary alicyclic amines) is 1. The number of nitrogens with one attached hydrogen (secondary N) is 1. The number of piperidine rings is 1. The zero-order chi connectivity index (χ0) is 15.0. The van der Waals surface area contributed by atoms with Crippen LogP contribution in [0.3, 0.4) is 0 Å². The Balaban J connectivity index is 2.40. The molecule has 1 aliphatic rings. The van der Waals surface area contributed by atoms with E-state index in [1.165, 1.54) is 0 Å². The normalized spacial score (nSPS) is 18.8. The first-order valence-electron chi connectivity index (χ1n) is 7.27. The van der Waals surface area contributed by atoms with Gasteiger partial charge in [-0.1, -0.05) is 6.92 Å². The summed E-state index contributed by atoms with van der Waals surface area (Å²) in [6.07, 6.45) is 3.80. The third-order valence-electron chi connectivity index (χ3n) is 3.58. The van der Waals surface area contributed by atoms with Crippen LogP contribution < -0.4 is 5.32 Å². The van der Waals surface area contributed by atoms with Gasteiger partial charge in [0.2, 0.25) is 0 Å². The molecule has 0 bridgehead atoms. The van der Waals surface area contributed by atoms with Crippen molar-refractivity contribution in [3.63, 3.8) is 0 Å². The van der Waals surface area contributed by atoms with E-state index in [-0.39, 0.29) is 11.9 Å². The van der Waals surface area contributed by atoms with Crippen molar-refractivity contribution in [2.45, 2.75) is 31.9 Å². The van der Waals surface area contributed by atoms with Crippen molar-refractivity contribution >= 4 is 23.7 Å². The van der Waals surface area contributed by atoms with Crippen molar-refractivity contribution in [1.82, 2.24) is 10.2 Å². The summed E-state index contributed by atoms with van der Waals surface area (Å²) >= 11 is 1.84. The lowest BCUT2D eigenvalue weighted by atomic mass is 9.97. The van der Waals surface area contributed by atoms with E-state index in [9.17, 15) is 4.79 Å². The van der Waals surface area contributed by atoms with Crippen LogP contribution in [0.25, 0.3) is 0 Å². The molecule has 1 unspecified atom stereocenters. The molecular formula is C14H27N3O2S. The van der Waals surface area contributed by atoms with Crippen LogP contribution in [0, 0.1) is 5.92 Å². The molecule has 1 atom stereocenters. The van der Waals surface area contributed by atoms with Crippen LogP contribution in [0.2, 0.25) is 0 Å². The number of hydrogen-bond donors (Lipinski definition) is 1. The average molecular weight is 301 g/mol. The van der Waals surface area contributed by atoms with E-state index < -0.39 is 0 Å². The van der Waals surface area contributed by atoms with Gasteiger partial charge in [0.25, 0.3) is 0 Å². The van der Waals surface area contributed by atoms with Crippen LogP contribution >= 0.6 is 11.8 Å². The van der Waals surface area contributed by atoms with E-state index in [2.05, 4.69) is 28.4 Å². The van der Waals surface area contributed by atoms with E-state index in [1.54, 1.807) is 0 Å². The second-order valence-electron chi connectivity index (χ2n) is 4.99. The van der Waals surface area contributed by atoms with Gasteiger partial charge in [-0.25, -0.2) is 0 Å². The molecule has 0 spiro atoms. The summed E-state index contributed by atoms with van der Waals surface area (Å²) in [7, 11) is 1.81. The molecule has 6 heteroatoms. The first-order chi connectivity index (χ1) is 9.62. The molecule has 5 nitrogen and oxygen atoms in total. The number of carbonyl (C=O) groups excluding carboxylic acids is 1. The Bertz CT molecular complexity index is 328. The third-order valence-corrected chi connectivity index (χ3v) is 4.55. The molecular weight excluding hydrogens is 274 g/mol. The second-order valence-corrected chi connectivity index (χ2v) is 6.26. The van der Waals surface area contributed by atoms with Crippen LogP contribution in [0.5, 0.6) is 0 Å².